The quantitative estimate of drug-likeness (QED) is 0.341. The van der Waals surface area contributed by atoms with Gasteiger partial charge in [0.25, 0.3) is 0 Å². The highest BCUT2D eigenvalue weighted by Gasteiger charge is 2.56. The van der Waals surface area contributed by atoms with E-state index in [1.807, 2.05) is 0 Å². The monoisotopic (exact) mass is 387 g/mol. The van der Waals surface area contributed by atoms with Crippen LogP contribution in [-0.4, -0.2) is 4.57 Å². The van der Waals surface area contributed by atoms with Crippen LogP contribution in [0.25, 0.3) is 33.1 Å². The van der Waals surface area contributed by atoms with E-state index in [0.29, 0.717) is 5.92 Å². The fraction of sp³-hybridized carbons (Fsp3) is 0.172. The summed E-state index contributed by atoms with van der Waals surface area (Å²) in [6.45, 7) is 4.34. The van der Waals surface area contributed by atoms with Gasteiger partial charge in [-0.15, -0.1) is 0 Å². The van der Waals surface area contributed by atoms with Crippen molar-refractivity contribution in [1.29, 1.82) is 0 Å². The molecule has 146 valence electrons. The Balaban J connectivity index is 1.61. The first-order valence-corrected chi connectivity index (χ1v) is 10.9. The summed E-state index contributed by atoms with van der Waals surface area (Å²) in [6, 6.07) is 26.6. The summed E-state index contributed by atoms with van der Waals surface area (Å²) < 4.78 is 2.52. The van der Waals surface area contributed by atoms with Crippen molar-refractivity contribution in [2.45, 2.75) is 25.7 Å². The van der Waals surface area contributed by atoms with Crippen LogP contribution in [0.1, 0.15) is 31.4 Å². The minimum Gasteiger partial charge on any atom is -0.313 e. The molecule has 0 spiro atoms. The lowest BCUT2D eigenvalue weighted by Crippen LogP contribution is -2.12. The normalized spacial score (nSPS) is 22.9. The number of nitrogens with zero attached hydrogens (tertiary/aromatic N) is 1. The molecule has 0 amide bonds. The molecule has 3 aromatic carbocycles. The molecule has 0 bridgehead atoms. The summed E-state index contributed by atoms with van der Waals surface area (Å²) >= 11 is 0. The van der Waals surface area contributed by atoms with Crippen LogP contribution in [0.15, 0.2) is 97.1 Å². The number of aromatic nitrogens is 1. The fourth-order valence-corrected chi connectivity index (χ4v) is 5.44. The molecule has 1 nitrogen and oxygen atoms in total. The highest BCUT2D eigenvalue weighted by atomic mass is 15.0. The minimum absolute atomic E-state index is 0.153. The van der Waals surface area contributed by atoms with E-state index >= 15 is 0 Å². The number of para-hydroxylation sites is 1. The Hall–Kier alpha value is -3.32. The van der Waals surface area contributed by atoms with Gasteiger partial charge in [0, 0.05) is 27.8 Å². The van der Waals surface area contributed by atoms with Crippen LogP contribution in [-0.2, 0) is 5.41 Å². The maximum absolute atomic E-state index is 2.52. The zero-order chi connectivity index (χ0) is 20.3. The Morgan fingerprint density at radius 1 is 0.933 bits per heavy atom. The lowest BCUT2D eigenvalue weighted by molar-refractivity contribution is 0.806. The number of rotatable bonds is 3. The first-order chi connectivity index (χ1) is 14.7. The first kappa shape index (κ1) is 17.5. The average Bonchev–Trinajstić information content (AvgIpc) is 3.48. The Morgan fingerprint density at radius 3 is 2.53 bits per heavy atom. The molecule has 2 atom stereocenters. The molecule has 0 aliphatic heterocycles. The van der Waals surface area contributed by atoms with Gasteiger partial charge >= 0.3 is 0 Å². The van der Waals surface area contributed by atoms with Crippen molar-refractivity contribution >= 4 is 33.1 Å². The van der Waals surface area contributed by atoms with E-state index in [0.717, 1.165) is 0 Å². The number of fused-ring (bicyclic) bond motifs is 4. The molecular formula is C29H25N. The smallest absolute Gasteiger partial charge is 0.0544 e. The molecule has 1 heterocycles. The van der Waals surface area contributed by atoms with Gasteiger partial charge in [0.2, 0.25) is 0 Å². The first-order valence-electron chi connectivity index (χ1n) is 10.9. The summed E-state index contributed by atoms with van der Waals surface area (Å²) in [5.74, 6) is 0.523. The van der Waals surface area contributed by atoms with E-state index < -0.39 is 0 Å². The molecule has 1 heteroatoms. The van der Waals surface area contributed by atoms with E-state index in [9.17, 15) is 0 Å². The van der Waals surface area contributed by atoms with Gasteiger partial charge in [-0.3, -0.25) is 0 Å². The predicted molar refractivity (Wildman–Crippen MR) is 128 cm³/mol. The van der Waals surface area contributed by atoms with E-state index in [4.69, 9.17) is 0 Å². The van der Waals surface area contributed by atoms with E-state index in [2.05, 4.69) is 116 Å². The number of allylic oxidation sites excluding steroid dienone is 6. The van der Waals surface area contributed by atoms with Crippen LogP contribution in [0.5, 0.6) is 0 Å². The van der Waals surface area contributed by atoms with Crippen molar-refractivity contribution in [3.8, 4) is 0 Å². The number of benzene rings is 3. The summed E-state index contributed by atoms with van der Waals surface area (Å²) in [7, 11) is 0. The third-order valence-electron chi connectivity index (χ3n) is 7.15. The maximum Gasteiger partial charge on any atom is 0.0544 e. The van der Waals surface area contributed by atoms with Crippen LogP contribution in [0.2, 0.25) is 0 Å². The molecule has 1 fully saturated rings. The van der Waals surface area contributed by atoms with Crippen molar-refractivity contribution < 1.29 is 0 Å². The van der Waals surface area contributed by atoms with Crippen molar-refractivity contribution in [3.05, 3.63) is 108 Å². The zero-order valence-corrected chi connectivity index (χ0v) is 17.5. The Kier molecular flexibility index (Phi) is 3.70. The third kappa shape index (κ3) is 2.29. The lowest BCUT2D eigenvalue weighted by atomic mass is 9.89. The van der Waals surface area contributed by atoms with Crippen molar-refractivity contribution in [3.63, 3.8) is 0 Å². The topological polar surface area (TPSA) is 4.93 Å². The van der Waals surface area contributed by atoms with Crippen molar-refractivity contribution in [2.24, 2.45) is 5.92 Å². The second-order valence-corrected chi connectivity index (χ2v) is 8.64. The van der Waals surface area contributed by atoms with Crippen LogP contribution in [0, 0.1) is 5.92 Å². The SMILES string of the molecule is C/C=C(\C)c1cccc2c1c1ccccc1n2C1=CC=CC2(c3ccccc3)CC12. The molecule has 2 unspecified atom stereocenters. The summed E-state index contributed by atoms with van der Waals surface area (Å²) in [6.07, 6.45) is 10.4. The molecule has 2 aliphatic carbocycles. The van der Waals surface area contributed by atoms with E-state index in [-0.39, 0.29) is 5.41 Å². The largest absolute Gasteiger partial charge is 0.313 e. The minimum atomic E-state index is 0.153. The van der Waals surface area contributed by atoms with Crippen LogP contribution in [0.3, 0.4) is 0 Å². The van der Waals surface area contributed by atoms with Crippen molar-refractivity contribution in [1.82, 2.24) is 4.57 Å². The van der Waals surface area contributed by atoms with Gasteiger partial charge in [-0.2, -0.15) is 0 Å². The van der Waals surface area contributed by atoms with Gasteiger partial charge in [-0.1, -0.05) is 78.9 Å². The molecule has 4 aromatic rings. The van der Waals surface area contributed by atoms with Gasteiger partial charge < -0.3 is 4.57 Å². The van der Waals surface area contributed by atoms with Crippen LogP contribution >= 0.6 is 0 Å². The highest BCUT2D eigenvalue weighted by molar-refractivity contribution is 6.14. The molecule has 6 rings (SSSR count). The third-order valence-corrected chi connectivity index (χ3v) is 7.15. The molecule has 0 saturated heterocycles. The second-order valence-electron chi connectivity index (χ2n) is 8.64. The van der Waals surface area contributed by atoms with Gasteiger partial charge in [0.15, 0.2) is 0 Å². The van der Waals surface area contributed by atoms with Gasteiger partial charge in [-0.05, 0) is 55.2 Å². The second kappa shape index (κ2) is 6.34. The van der Waals surface area contributed by atoms with Crippen molar-refractivity contribution in [2.75, 3.05) is 0 Å². The zero-order valence-electron chi connectivity index (χ0n) is 17.5. The number of hydrogen-bond donors (Lipinski definition) is 0. The molecule has 0 N–H and O–H groups in total. The lowest BCUT2D eigenvalue weighted by Gasteiger charge is -2.21. The van der Waals surface area contributed by atoms with Crippen LogP contribution < -0.4 is 0 Å². The molecule has 2 aliphatic rings. The summed E-state index contributed by atoms with van der Waals surface area (Å²) in [5, 5.41) is 2.70. The summed E-state index contributed by atoms with van der Waals surface area (Å²) in [4.78, 5) is 0. The summed E-state index contributed by atoms with van der Waals surface area (Å²) in [5.41, 5.74) is 8.28. The van der Waals surface area contributed by atoms with Gasteiger partial charge in [0.05, 0.1) is 11.0 Å². The Labute approximate surface area is 177 Å². The molecule has 0 radical (unpaired) electrons. The Bertz CT molecular complexity index is 1380. The predicted octanol–water partition coefficient (Wildman–Crippen LogP) is 7.59. The van der Waals surface area contributed by atoms with E-state index in [1.54, 1.807) is 0 Å². The molecule has 1 saturated carbocycles. The van der Waals surface area contributed by atoms with E-state index in [1.165, 1.54) is 50.6 Å². The van der Waals surface area contributed by atoms with Gasteiger partial charge in [0.1, 0.15) is 0 Å². The fourth-order valence-electron chi connectivity index (χ4n) is 5.44. The average molecular weight is 388 g/mol. The maximum atomic E-state index is 2.52. The van der Waals surface area contributed by atoms with Gasteiger partial charge in [-0.25, -0.2) is 0 Å². The standard InChI is InChI=1S/C29H25N/c1-3-20(2)22-14-9-16-27-28(22)23-13-7-8-15-25(23)30(27)26-17-10-18-29(19-24(26)29)21-11-5-4-6-12-21/h3-18,24H,19H2,1-2H3/b20-3+. The number of hydrogen-bond acceptors (Lipinski definition) is 0. The molecular weight excluding hydrogens is 362 g/mol. The highest BCUT2D eigenvalue weighted by Crippen LogP contribution is 2.62. The Morgan fingerprint density at radius 2 is 1.70 bits per heavy atom. The van der Waals surface area contributed by atoms with Crippen LogP contribution in [0.4, 0.5) is 0 Å². The molecule has 1 aromatic heterocycles. The molecule has 30 heavy (non-hydrogen) atoms.